The van der Waals surface area contributed by atoms with E-state index in [9.17, 15) is 4.79 Å². The van der Waals surface area contributed by atoms with Crippen molar-refractivity contribution >= 4 is 17.2 Å². The van der Waals surface area contributed by atoms with Crippen molar-refractivity contribution in [1.82, 2.24) is 15.1 Å². The van der Waals surface area contributed by atoms with E-state index in [4.69, 9.17) is 0 Å². The zero-order valence-electron chi connectivity index (χ0n) is 15.8. The second-order valence-corrected chi connectivity index (χ2v) is 8.07. The van der Waals surface area contributed by atoms with Crippen molar-refractivity contribution in [2.24, 2.45) is 0 Å². The quantitative estimate of drug-likeness (QED) is 0.812. The molecule has 0 unspecified atom stereocenters. The molecule has 0 radical (unpaired) electrons. The highest BCUT2D eigenvalue weighted by Crippen LogP contribution is 2.22. The molecule has 5 heteroatoms. The van der Waals surface area contributed by atoms with Crippen LogP contribution in [0.3, 0.4) is 0 Å². The highest BCUT2D eigenvalue weighted by Gasteiger charge is 2.17. The van der Waals surface area contributed by atoms with Gasteiger partial charge in [0.05, 0.1) is 4.88 Å². The van der Waals surface area contributed by atoms with Gasteiger partial charge in [-0.3, -0.25) is 14.6 Å². The molecule has 2 heterocycles. The second kappa shape index (κ2) is 9.31. The van der Waals surface area contributed by atoms with Gasteiger partial charge in [0.1, 0.15) is 0 Å². The van der Waals surface area contributed by atoms with Gasteiger partial charge in [-0.1, -0.05) is 37.3 Å². The molecule has 4 nitrogen and oxygen atoms in total. The summed E-state index contributed by atoms with van der Waals surface area (Å²) in [5.74, 6) is 0.0699. The third-order valence-corrected chi connectivity index (χ3v) is 6.37. The van der Waals surface area contributed by atoms with E-state index in [0.717, 1.165) is 57.1 Å². The van der Waals surface area contributed by atoms with E-state index < -0.39 is 0 Å². The summed E-state index contributed by atoms with van der Waals surface area (Å²) in [5.41, 5.74) is 2.61. The van der Waals surface area contributed by atoms with Crippen molar-refractivity contribution < 1.29 is 4.79 Å². The van der Waals surface area contributed by atoms with Crippen LogP contribution < -0.4 is 5.32 Å². The topological polar surface area (TPSA) is 35.6 Å². The summed E-state index contributed by atoms with van der Waals surface area (Å²) in [4.78, 5) is 19.4. The molecule has 1 aliphatic rings. The van der Waals surface area contributed by atoms with E-state index in [1.807, 2.05) is 6.07 Å². The minimum atomic E-state index is 0.0699. The minimum absolute atomic E-state index is 0.0699. The summed E-state index contributed by atoms with van der Waals surface area (Å²) in [6.07, 6.45) is 0.997. The molecular weight excluding hydrogens is 342 g/mol. The van der Waals surface area contributed by atoms with E-state index >= 15 is 0 Å². The van der Waals surface area contributed by atoms with Gasteiger partial charge in [-0.2, -0.15) is 0 Å². The summed E-state index contributed by atoms with van der Waals surface area (Å²) < 4.78 is 0. The molecule has 1 amide bonds. The second-order valence-electron chi connectivity index (χ2n) is 6.93. The molecule has 0 aliphatic carbocycles. The van der Waals surface area contributed by atoms with Gasteiger partial charge in [0.2, 0.25) is 0 Å². The SMILES string of the molecule is CCc1sc(C(=O)NCCN2CCN(Cc3ccccc3)CC2)cc1C. The summed E-state index contributed by atoms with van der Waals surface area (Å²) in [6, 6.07) is 12.7. The number of hydrogen-bond donors (Lipinski definition) is 1. The van der Waals surface area contributed by atoms with Gasteiger partial charge < -0.3 is 5.32 Å². The standard InChI is InChI=1S/C21H29N3OS/c1-3-19-17(2)15-20(26-19)21(25)22-9-10-23-11-13-24(14-12-23)16-18-7-5-4-6-8-18/h4-8,15H,3,9-14,16H2,1-2H3,(H,22,25). The first-order chi connectivity index (χ1) is 12.7. The lowest BCUT2D eigenvalue weighted by Crippen LogP contribution is -2.48. The van der Waals surface area contributed by atoms with Gasteiger partial charge in [-0.15, -0.1) is 11.3 Å². The Labute approximate surface area is 160 Å². The third-order valence-electron chi connectivity index (χ3n) is 4.99. The van der Waals surface area contributed by atoms with Crippen LogP contribution in [0.4, 0.5) is 0 Å². The Bertz CT molecular complexity index is 705. The molecule has 140 valence electrons. The number of nitrogens with zero attached hydrogens (tertiary/aromatic N) is 2. The van der Waals surface area contributed by atoms with Crippen molar-refractivity contribution in [3.8, 4) is 0 Å². The van der Waals surface area contributed by atoms with E-state index in [0.29, 0.717) is 0 Å². The highest BCUT2D eigenvalue weighted by molar-refractivity contribution is 7.14. The van der Waals surface area contributed by atoms with Crippen LogP contribution in [0.5, 0.6) is 0 Å². The Morgan fingerprint density at radius 1 is 1.12 bits per heavy atom. The van der Waals surface area contributed by atoms with Gasteiger partial charge >= 0.3 is 0 Å². The first-order valence-electron chi connectivity index (χ1n) is 9.52. The monoisotopic (exact) mass is 371 g/mol. The molecule has 1 aromatic carbocycles. The van der Waals surface area contributed by atoms with E-state index in [2.05, 4.69) is 59.3 Å². The van der Waals surface area contributed by atoms with E-state index in [-0.39, 0.29) is 5.91 Å². The molecule has 1 aliphatic heterocycles. The fourth-order valence-corrected chi connectivity index (χ4v) is 4.44. The summed E-state index contributed by atoms with van der Waals surface area (Å²) in [7, 11) is 0. The fourth-order valence-electron chi connectivity index (χ4n) is 3.41. The Morgan fingerprint density at radius 2 is 1.81 bits per heavy atom. The average Bonchev–Trinajstić information content (AvgIpc) is 3.05. The molecule has 26 heavy (non-hydrogen) atoms. The number of amides is 1. The van der Waals surface area contributed by atoms with Crippen LogP contribution in [0.1, 0.15) is 32.6 Å². The van der Waals surface area contributed by atoms with Gasteiger partial charge in [0.25, 0.3) is 5.91 Å². The van der Waals surface area contributed by atoms with Crippen LogP contribution in [0.15, 0.2) is 36.4 Å². The van der Waals surface area contributed by atoms with Crippen molar-refractivity contribution in [1.29, 1.82) is 0 Å². The number of piperazine rings is 1. The number of carbonyl (C=O) groups excluding carboxylic acids is 1. The van der Waals surface area contributed by atoms with Crippen LogP contribution in [0.25, 0.3) is 0 Å². The van der Waals surface area contributed by atoms with E-state index in [1.165, 1.54) is 16.0 Å². The molecular formula is C21H29N3OS. The van der Waals surface area contributed by atoms with Crippen LogP contribution in [-0.4, -0.2) is 55.0 Å². The molecule has 1 saturated heterocycles. The molecule has 1 aromatic heterocycles. The Balaban J connectivity index is 1.36. The van der Waals surface area contributed by atoms with Gasteiger partial charge in [0.15, 0.2) is 0 Å². The van der Waals surface area contributed by atoms with Crippen LogP contribution in [0, 0.1) is 6.92 Å². The normalized spacial score (nSPS) is 15.9. The number of carbonyl (C=O) groups is 1. The first-order valence-corrected chi connectivity index (χ1v) is 10.3. The minimum Gasteiger partial charge on any atom is -0.350 e. The predicted octanol–water partition coefficient (Wildman–Crippen LogP) is 3.17. The molecule has 0 spiro atoms. The van der Waals surface area contributed by atoms with Crippen molar-refractivity contribution in [3.63, 3.8) is 0 Å². The van der Waals surface area contributed by atoms with Crippen molar-refractivity contribution in [2.75, 3.05) is 39.3 Å². The number of benzene rings is 1. The van der Waals surface area contributed by atoms with Crippen LogP contribution in [-0.2, 0) is 13.0 Å². The van der Waals surface area contributed by atoms with Gasteiger partial charge in [-0.05, 0) is 30.5 Å². The zero-order valence-corrected chi connectivity index (χ0v) is 16.6. The predicted molar refractivity (Wildman–Crippen MR) is 109 cm³/mol. The largest absolute Gasteiger partial charge is 0.350 e. The van der Waals surface area contributed by atoms with Crippen molar-refractivity contribution in [3.05, 3.63) is 57.3 Å². The van der Waals surface area contributed by atoms with E-state index in [1.54, 1.807) is 11.3 Å². The lowest BCUT2D eigenvalue weighted by atomic mass is 10.2. The Kier molecular flexibility index (Phi) is 6.83. The van der Waals surface area contributed by atoms with Crippen LogP contribution in [0.2, 0.25) is 0 Å². The van der Waals surface area contributed by atoms with Crippen molar-refractivity contribution in [2.45, 2.75) is 26.8 Å². The summed E-state index contributed by atoms with van der Waals surface area (Å²) >= 11 is 1.62. The molecule has 0 saturated carbocycles. The summed E-state index contributed by atoms with van der Waals surface area (Å²) in [6.45, 7) is 11.2. The molecule has 3 rings (SSSR count). The molecule has 1 fully saturated rings. The maximum Gasteiger partial charge on any atom is 0.261 e. The number of hydrogen-bond acceptors (Lipinski definition) is 4. The molecule has 2 aromatic rings. The Hall–Kier alpha value is -1.69. The smallest absolute Gasteiger partial charge is 0.261 e. The zero-order chi connectivity index (χ0) is 18.4. The van der Waals surface area contributed by atoms with Gasteiger partial charge in [0, 0.05) is 50.7 Å². The number of thiophene rings is 1. The fraction of sp³-hybridized carbons (Fsp3) is 0.476. The maximum absolute atomic E-state index is 12.3. The third kappa shape index (κ3) is 5.16. The van der Waals surface area contributed by atoms with Gasteiger partial charge in [-0.25, -0.2) is 0 Å². The summed E-state index contributed by atoms with van der Waals surface area (Å²) in [5, 5.41) is 3.08. The highest BCUT2D eigenvalue weighted by atomic mass is 32.1. The van der Waals surface area contributed by atoms with Crippen LogP contribution >= 0.6 is 11.3 Å². The maximum atomic E-state index is 12.3. The molecule has 1 N–H and O–H groups in total. The number of rotatable bonds is 7. The Morgan fingerprint density at radius 3 is 2.46 bits per heavy atom. The number of nitrogens with one attached hydrogen (secondary N) is 1. The molecule has 0 bridgehead atoms. The lowest BCUT2D eigenvalue weighted by molar-refractivity contribution is 0.0938. The number of aryl methyl sites for hydroxylation is 2. The molecule has 0 atom stereocenters. The lowest BCUT2D eigenvalue weighted by Gasteiger charge is -2.34. The first kappa shape index (κ1) is 19.1. The average molecular weight is 372 g/mol.